The van der Waals surface area contributed by atoms with Gasteiger partial charge in [-0.1, -0.05) is 37.3 Å². The van der Waals surface area contributed by atoms with Gasteiger partial charge in [-0.2, -0.15) is 5.26 Å². The number of nitriles is 1. The minimum atomic E-state index is -0.474. The summed E-state index contributed by atoms with van der Waals surface area (Å²) in [4.78, 5) is 2.37. The fraction of sp³-hybridized carbons (Fsp3) is 0.469. The third-order valence-electron chi connectivity index (χ3n) is 6.86. The maximum absolute atomic E-state index is 10.3. The SMILES string of the molecule is CCc1ccc(-c2ccc3cc(N4CCOCC4)ccc3c2)c(C#N)c1OC(C)(C)CCOC(C)(C)C. The Hall–Kier alpha value is -3.07. The van der Waals surface area contributed by atoms with Crippen molar-refractivity contribution in [1.29, 1.82) is 5.26 Å². The van der Waals surface area contributed by atoms with Crippen LogP contribution in [0.25, 0.3) is 21.9 Å². The van der Waals surface area contributed by atoms with E-state index < -0.39 is 5.60 Å². The fourth-order valence-corrected chi connectivity index (χ4v) is 4.72. The number of fused-ring (bicyclic) bond motifs is 1. The maximum atomic E-state index is 10.3. The van der Waals surface area contributed by atoms with Gasteiger partial charge in [-0.3, -0.25) is 0 Å². The van der Waals surface area contributed by atoms with E-state index in [2.05, 4.69) is 101 Å². The largest absolute Gasteiger partial charge is 0.486 e. The first-order valence-corrected chi connectivity index (χ1v) is 13.4. The quantitative estimate of drug-likeness (QED) is 0.329. The number of rotatable bonds is 8. The van der Waals surface area contributed by atoms with Gasteiger partial charge >= 0.3 is 0 Å². The first kappa shape index (κ1) is 27.0. The van der Waals surface area contributed by atoms with E-state index in [1.165, 1.54) is 11.1 Å². The maximum Gasteiger partial charge on any atom is 0.141 e. The van der Waals surface area contributed by atoms with E-state index in [1.807, 2.05) is 0 Å². The minimum absolute atomic E-state index is 0.193. The van der Waals surface area contributed by atoms with Gasteiger partial charge in [0.05, 0.1) is 25.4 Å². The first-order chi connectivity index (χ1) is 17.6. The van der Waals surface area contributed by atoms with E-state index in [0.717, 1.165) is 61.2 Å². The van der Waals surface area contributed by atoms with Crippen LogP contribution < -0.4 is 9.64 Å². The molecule has 5 heteroatoms. The second kappa shape index (κ2) is 11.1. The molecule has 1 heterocycles. The number of ether oxygens (including phenoxy) is 3. The van der Waals surface area contributed by atoms with Crippen LogP contribution in [0.15, 0.2) is 48.5 Å². The van der Waals surface area contributed by atoms with Crippen LogP contribution in [0.1, 0.15) is 59.1 Å². The van der Waals surface area contributed by atoms with Crippen LogP contribution >= 0.6 is 0 Å². The van der Waals surface area contributed by atoms with E-state index in [-0.39, 0.29) is 5.60 Å². The van der Waals surface area contributed by atoms with Crippen molar-refractivity contribution < 1.29 is 14.2 Å². The van der Waals surface area contributed by atoms with Crippen molar-refractivity contribution in [3.05, 3.63) is 59.7 Å². The summed E-state index contributed by atoms with van der Waals surface area (Å²) >= 11 is 0. The average molecular weight is 501 g/mol. The summed E-state index contributed by atoms with van der Waals surface area (Å²) in [5.41, 5.74) is 4.11. The van der Waals surface area contributed by atoms with Crippen LogP contribution in [-0.2, 0) is 15.9 Å². The minimum Gasteiger partial charge on any atom is -0.486 e. The molecule has 0 radical (unpaired) electrons. The number of morpholine rings is 1. The summed E-state index contributed by atoms with van der Waals surface area (Å²) in [6.07, 6.45) is 1.52. The third kappa shape index (κ3) is 6.63. The highest BCUT2D eigenvalue weighted by Gasteiger charge is 2.26. The van der Waals surface area contributed by atoms with Crippen molar-refractivity contribution in [3.63, 3.8) is 0 Å². The van der Waals surface area contributed by atoms with Gasteiger partial charge in [0.25, 0.3) is 0 Å². The molecular weight excluding hydrogens is 460 g/mol. The Bertz CT molecular complexity index is 1280. The molecule has 0 atom stereocenters. The lowest BCUT2D eigenvalue weighted by Crippen LogP contribution is -2.36. The Labute approximate surface area is 221 Å². The van der Waals surface area contributed by atoms with Crippen LogP contribution in [-0.4, -0.2) is 44.1 Å². The number of nitrogens with zero attached hydrogens (tertiary/aromatic N) is 2. The Kier molecular flexibility index (Phi) is 8.11. The lowest BCUT2D eigenvalue weighted by atomic mass is 9.93. The molecule has 5 nitrogen and oxygen atoms in total. The highest BCUT2D eigenvalue weighted by Crippen LogP contribution is 2.37. The van der Waals surface area contributed by atoms with Crippen molar-refractivity contribution in [3.8, 4) is 22.9 Å². The second-order valence-electron chi connectivity index (χ2n) is 11.4. The molecule has 1 saturated heterocycles. The predicted molar refractivity (Wildman–Crippen MR) is 152 cm³/mol. The predicted octanol–water partition coefficient (Wildman–Crippen LogP) is 7.14. The van der Waals surface area contributed by atoms with Crippen molar-refractivity contribution in [1.82, 2.24) is 0 Å². The van der Waals surface area contributed by atoms with Crippen LogP contribution in [0.3, 0.4) is 0 Å². The summed E-state index contributed by atoms with van der Waals surface area (Å²) in [7, 11) is 0. The number of hydrogen-bond acceptors (Lipinski definition) is 5. The van der Waals surface area contributed by atoms with Gasteiger partial charge in [0.1, 0.15) is 23.0 Å². The molecule has 0 saturated carbocycles. The lowest BCUT2D eigenvalue weighted by Gasteiger charge is -2.30. The Morgan fingerprint density at radius 1 is 0.946 bits per heavy atom. The molecule has 0 N–H and O–H groups in total. The first-order valence-electron chi connectivity index (χ1n) is 13.4. The van der Waals surface area contributed by atoms with E-state index >= 15 is 0 Å². The van der Waals surface area contributed by atoms with E-state index in [4.69, 9.17) is 14.2 Å². The number of aryl methyl sites for hydroxylation is 1. The van der Waals surface area contributed by atoms with Crippen LogP contribution in [0.5, 0.6) is 5.75 Å². The van der Waals surface area contributed by atoms with Crippen molar-refractivity contribution in [2.45, 2.75) is 65.6 Å². The molecule has 0 unspecified atom stereocenters. The Morgan fingerprint density at radius 2 is 1.65 bits per heavy atom. The molecule has 1 fully saturated rings. The molecule has 196 valence electrons. The molecule has 1 aliphatic heterocycles. The summed E-state index contributed by atoms with van der Waals surface area (Å²) in [5, 5.41) is 12.6. The number of benzene rings is 3. The summed E-state index contributed by atoms with van der Waals surface area (Å²) in [5.74, 6) is 0.686. The zero-order valence-corrected chi connectivity index (χ0v) is 23.2. The van der Waals surface area contributed by atoms with Gasteiger partial charge in [-0.25, -0.2) is 0 Å². The Morgan fingerprint density at radius 3 is 2.32 bits per heavy atom. The van der Waals surface area contributed by atoms with E-state index in [9.17, 15) is 5.26 Å². The van der Waals surface area contributed by atoms with Gasteiger partial charge in [0.15, 0.2) is 0 Å². The number of anilines is 1. The van der Waals surface area contributed by atoms with Crippen molar-refractivity contribution in [2.75, 3.05) is 37.8 Å². The normalized spacial score (nSPS) is 14.6. The molecule has 0 spiro atoms. The van der Waals surface area contributed by atoms with Crippen LogP contribution in [0.2, 0.25) is 0 Å². The molecule has 0 aliphatic carbocycles. The van der Waals surface area contributed by atoms with Crippen LogP contribution in [0, 0.1) is 11.3 Å². The number of hydrogen-bond donors (Lipinski definition) is 0. The van der Waals surface area contributed by atoms with Gasteiger partial charge in [-0.05, 0) is 81.1 Å². The Balaban J connectivity index is 1.65. The summed E-state index contributed by atoms with van der Waals surface area (Å²) in [6, 6.07) is 19.6. The van der Waals surface area contributed by atoms with Crippen LogP contribution in [0.4, 0.5) is 5.69 Å². The van der Waals surface area contributed by atoms with Gasteiger partial charge in [0.2, 0.25) is 0 Å². The molecule has 0 amide bonds. The molecular formula is C32H40N2O3. The van der Waals surface area contributed by atoms with Crippen molar-refractivity contribution >= 4 is 16.5 Å². The highest BCUT2D eigenvalue weighted by molar-refractivity contribution is 5.91. The van der Waals surface area contributed by atoms with E-state index in [0.29, 0.717) is 17.9 Å². The van der Waals surface area contributed by atoms with Crippen molar-refractivity contribution in [2.24, 2.45) is 0 Å². The molecule has 4 rings (SSSR count). The topological polar surface area (TPSA) is 54.7 Å². The fourth-order valence-electron chi connectivity index (χ4n) is 4.72. The van der Waals surface area contributed by atoms with Gasteiger partial charge in [0, 0.05) is 30.8 Å². The smallest absolute Gasteiger partial charge is 0.141 e. The zero-order chi connectivity index (χ0) is 26.6. The zero-order valence-electron chi connectivity index (χ0n) is 23.2. The third-order valence-corrected chi connectivity index (χ3v) is 6.86. The molecule has 0 aromatic heterocycles. The molecule has 3 aromatic rings. The molecule has 0 bridgehead atoms. The summed E-state index contributed by atoms with van der Waals surface area (Å²) in [6.45, 7) is 16.4. The highest BCUT2D eigenvalue weighted by atomic mass is 16.5. The monoisotopic (exact) mass is 500 g/mol. The summed E-state index contributed by atoms with van der Waals surface area (Å²) < 4.78 is 18.0. The van der Waals surface area contributed by atoms with Gasteiger partial charge in [-0.15, -0.1) is 0 Å². The second-order valence-corrected chi connectivity index (χ2v) is 11.4. The van der Waals surface area contributed by atoms with Gasteiger partial charge < -0.3 is 19.1 Å². The van der Waals surface area contributed by atoms with E-state index in [1.54, 1.807) is 0 Å². The lowest BCUT2D eigenvalue weighted by molar-refractivity contribution is -0.0294. The molecule has 37 heavy (non-hydrogen) atoms. The molecule has 1 aliphatic rings. The standard InChI is InChI=1S/C32H40N2O3/c1-7-23-11-13-28(29(22-33)30(23)37-32(5,6)14-17-36-31(2,3)4)26-9-8-25-21-27(12-10-24(25)20-26)34-15-18-35-19-16-34/h8-13,20-21H,7,14-19H2,1-6H3. The molecule has 3 aromatic carbocycles. The average Bonchev–Trinajstić information content (AvgIpc) is 2.87.